The molecule has 118 valence electrons. The van der Waals surface area contributed by atoms with Gasteiger partial charge in [0, 0.05) is 12.2 Å². The molecular formula is C13H20N2O5S. The molecule has 1 atom stereocenters. The maximum atomic E-state index is 12.2. The van der Waals surface area contributed by atoms with Crippen molar-refractivity contribution in [3.63, 3.8) is 0 Å². The summed E-state index contributed by atoms with van der Waals surface area (Å²) >= 11 is 0. The monoisotopic (exact) mass is 316 g/mol. The summed E-state index contributed by atoms with van der Waals surface area (Å²) in [4.78, 5) is 11.5. The number of esters is 1. The van der Waals surface area contributed by atoms with Crippen LogP contribution in [-0.2, 0) is 14.8 Å². The van der Waals surface area contributed by atoms with Crippen LogP contribution in [-0.4, -0.2) is 39.3 Å². The Morgan fingerprint density at radius 1 is 1.48 bits per heavy atom. The lowest BCUT2D eigenvalue weighted by Gasteiger charge is -2.12. The summed E-state index contributed by atoms with van der Waals surface area (Å²) < 4.78 is 31.3. The van der Waals surface area contributed by atoms with Crippen molar-refractivity contribution in [2.75, 3.05) is 19.4 Å². The van der Waals surface area contributed by atoms with Crippen LogP contribution in [0.1, 0.15) is 30.1 Å². The zero-order valence-electron chi connectivity index (χ0n) is 12.0. The molecule has 7 nitrogen and oxygen atoms in total. The third-order valence-corrected chi connectivity index (χ3v) is 4.46. The van der Waals surface area contributed by atoms with E-state index in [1.54, 1.807) is 6.92 Å². The Morgan fingerprint density at radius 2 is 2.14 bits per heavy atom. The summed E-state index contributed by atoms with van der Waals surface area (Å²) in [6, 6.07) is 3.89. The molecule has 0 aromatic heterocycles. The molecule has 0 amide bonds. The molecule has 0 aliphatic carbocycles. The standard InChI is InChI=1S/C13H20N2O5S/c1-3-10(16)6-7-15-21(18,19)12-5-4-9(14)8-11(12)13(17)20-2/h4-5,8,10,15-16H,3,6-7,14H2,1-2H3. The third-order valence-electron chi connectivity index (χ3n) is 2.94. The van der Waals surface area contributed by atoms with Crippen molar-refractivity contribution in [3.05, 3.63) is 23.8 Å². The number of methoxy groups -OCH3 is 1. The summed E-state index contributed by atoms with van der Waals surface area (Å²) in [6.07, 6.45) is 0.258. The number of nitrogens with two attached hydrogens (primary N) is 1. The summed E-state index contributed by atoms with van der Waals surface area (Å²) in [5.74, 6) is -0.781. The van der Waals surface area contributed by atoms with Gasteiger partial charge in [-0.25, -0.2) is 17.9 Å². The van der Waals surface area contributed by atoms with Crippen LogP contribution in [0.4, 0.5) is 5.69 Å². The van der Waals surface area contributed by atoms with E-state index in [1.165, 1.54) is 18.2 Å². The number of ether oxygens (including phenoxy) is 1. The smallest absolute Gasteiger partial charge is 0.339 e. The van der Waals surface area contributed by atoms with E-state index in [0.717, 1.165) is 7.11 Å². The minimum atomic E-state index is -3.88. The van der Waals surface area contributed by atoms with E-state index in [2.05, 4.69) is 9.46 Å². The molecule has 0 aliphatic rings. The molecule has 1 aromatic rings. The highest BCUT2D eigenvalue weighted by Gasteiger charge is 2.23. The molecule has 0 radical (unpaired) electrons. The number of carbonyl (C=O) groups is 1. The van der Waals surface area contributed by atoms with Gasteiger partial charge in [-0.2, -0.15) is 0 Å². The van der Waals surface area contributed by atoms with Crippen LogP contribution in [0.25, 0.3) is 0 Å². The summed E-state index contributed by atoms with van der Waals surface area (Å²) in [7, 11) is -2.72. The van der Waals surface area contributed by atoms with E-state index in [-0.39, 0.29) is 29.1 Å². The Hall–Kier alpha value is -1.64. The predicted octanol–water partition coefficient (Wildman–Crippen LogP) is 0.495. The second kappa shape index (κ2) is 7.39. The van der Waals surface area contributed by atoms with Crippen LogP contribution in [0.3, 0.4) is 0 Å². The van der Waals surface area contributed by atoms with Crippen molar-refractivity contribution in [1.29, 1.82) is 0 Å². The van der Waals surface area contributed by atoms with Crippen LogP contribution in [0.15, 0.2) is 23.1 Å². The fraction of sp³-hybridized carbons (Fsp3) is 0.462. The number of rotatable bonds is 7. The van der Waals surface area contributed by atoms with Crippen molar-refractivity contribution in [2.45, 2.75) is 30.8 Å². The molecule has 0 heterocycles. The number of anilines is 1. The fourth-order valence-electron chi connectivity index (χ4n) is 1.69. The first-order chi connectivity index (χ1) is 9.81. The van der Waals surface area contributed by atoms with Crippen molar-refractivity contribution in [3.8, 4) is 0 Å². The SMILES string of the molecule is CCC(O)CCNS(=O)(=O)c1ccc(N)cc1C(=O)OC. The van der Waals surface area contributed by atoms with Gasteiger partial charge in [0.25, 0.3) is 0 Å². The minimum Gasteiger partial charge on any atom is -0.465 e. The number of nitrogens with one attached hydrogen (secondary N) is 1. The van der Waals surface area contributed by atoms with Crippen LogP contribution in [0.5, 0.6) is 0 Å². The predicted molar refractivity (Wildman–Crippen MR) is 78.3 cm³/mol. The summed E-state index contributed by atoms with van der Waals surface area (Å²) in [6.45, 7) is 1.87. The second-order valence-corrected chi connectivity index (χ2v) is 6.23. The highest BCUT2D eigenvalue weighted by Crippen LogP contribution is 2.19. The van der Waals surface area contributed by atoms with E-state index in [0.29, 0.717) is 6.42 Å². The van der Waals surface area contributed by atoms with Crippen LogP contribution in [0, 0.1) is 0 Å². The zero-order valence-corrected chi connectivity index (χ0v) is 12.8. The Morgan fingerprint density at radius 3 is 2.71 bits per heavy atom. The van der Waals surface area contributed by atoms with E-state index in [9.17, 15) is 18.3 Å². The molecule has 1 aromatic carbocycles. The Kier molecular flexibility index (Phi) is 6.13. The Labute approximate surface area is 124 Å². The highest BCUT2D eigenvalue weighted by atomic mass is 32.2. The molecule has 0 aliphatic heterocycles. The summed E-state index contributed by atoms with van der Waals surface area (Å²) in [5.41, 5.74) is 5.70. The molecule has 0 fully saturated rings. The molecule has 1 unspecified atom stereocenters. The second-order valence-electron chi connectivity index (χ2n) is 4.50. The number of carbonyl (C=O) groups excluding carboxylic acids is 1. The van der Waals surface area contributed by atoms with Gasteiger partial charge >= 0.3 is 5.97 Å². The normalized spacial score (nSPS) is 12.9. The molecule has 0 saturated heterocycles. The quantitative estimate of drug-likeness (QED) is 0.498. The van der Waals surface area contributed by atoms with Crippen LogP contribution >= 0.6 is 0 Å². The number of hydrogen-bond donors (Lipinski definition) is 3. The van der Waals surface area contributed by atoms with E-state index >= 15 is 0 Å². The lowest BCUT2D eigenvalue weighted by molar-refractivity contribution is 0.0596. The number of aliphatic hydroxyl groups is 1. The van der Waals surface area contributed by atoms with E-state index < -0.39 is 22.1 Å². The van der Waals surface area contributed by atoms with E-state index in [1.807, 2.05) is 0 Å². The average molecular weight is 316 g/mol. The first-order valence-corrected chi connectivity index (χ1v) is 7.95. The number of nitrogen functional groups attached to an aromatic ring is 1. The van der Waals surface area contributed by atoms with Crippen LogP contribution in [0.2, 0.25) is 0 Å². The Balaban J connectivity index is 3.00. The van der Waals surface area contributed by atoms with Gasteiger partial charge in [-0.15, -0.1) is 0 Å². The molecule has 21 heavy (non-hydrogen) atoms. The zero-order chi connectivity index (χ0) is 16.0. The molecule has 8 heteroatoms. The van der Waals surface area contributed by atoms with Crippen LogP contribution < -0.4 is 10.5 Å². The van der Waals surface area contributed by atoms with E-state index in [4.69, 9.17) is 5.73 Å². The third kappa shape index (κ3) is 4.69. The molecule has 0 spiro atoms. The number of sulfonamides is 1. The van der Waals surface area contributed by atoms with Gasteiger partial charge in [-0.05, 0) is 31.0 Å². The number of hydrogen-bond acceptors (Lipinski definition) is 6. The minimum absolute atomic E-state index is 0.0718. The van der Waals surface area contributed by atoms with Gasteiger partial charge in [-0.1, -0.05) is 6.92 Å². The van der Waals surface area contributed by atoms with Crippen molar-refractivity contribution in [2.24, 2.45) is 0 Å². The van der Waals surface area contributed by atoms with Crippen molar-refractivity contribution < 1.29 is 23.1 Å². The van der Waals surface area contributed by atoms with Gasteiger partial charge in [0.1, 0.15) is 0 Å². The largest absolute Gasteiger partial charge is 0.465 e. The maximum Gasteiger partial charge on any atom is 0.339 e. The maximum absolute atomic E-state index is 12.2. The summed E-state index contributed by atoms with van der Waals surface area (Å²) in [5, 5.41) is 9.42. The first kappa shape index (κ1) is 17.4. The molecule has 0 bridgehead atoms. The van der Waals surface area contributed by atoms with Gasteiger partial charge in [0.2, 0.25) is 10.0 Å². The number of aliphatic hydroxyl groups excluding tert-OH is 1. The topological polar surface area (TPSA) is 119 Å². The van der Waals surface area contributed by atoms with Crippen molar-refractivity contribution >= 4 is 21.7 Å². The van der Waals surface area contributed by atoms with Gasteiger partial charge in [0.05, 0.1) is 23.7 Å². The molecule has 0 saturated carbocycles. The lowest BCUT2D eigenvalue weighted by Crippen LogP contribution is -2.28. The highest BCUT2D eigenvalue weighted by molar-refractivity contribution is 7.89. The van der Waals surface area contributed by atoms with Gasteiger partial charge < -0.3 is 15.6 Å². The fourth-order valence-corrected chi connectivity index (χ4v) is 2.91. The molecular weight excluding hydrogens is 296 g/mol. The van der Waals surface area contributed by atoms with Gasteiger partial charge in [0.15, 0.2) is 0 Å². The average Bonchev–Trinajstić information content (AvgIpc) is 2.45. The molecule has 4 N–H and O–H groups in total. The van der Waals surface area contributed by atoms with Crippen molar-refractivity contribution in [1.82, 2.24) is 4.72 Å². The lowest BCUT2D eigenvalue weighted by atomic mass is 10.2. The number of benzene rings is 1. The first-order valence-electron chi connectivity index (χ1n) is 6.47. The van der Waals surface area contributed by atoms with Gasteiger partial charge in [-0.3, -0.25) is 0 Å². The Bertz CT molecular complexity index is 601. The molecule has 1 rings (SSSR count).